The fourth-order valence-electron chi connectivity index (χ4n) is 2.66. The molecule has 0 amide bonds. The molecule has 3 aromatic rings. The van der Waals surface area contributed by atoms with Crippen LogP contribution in [0, 0.1) is 0 Å². The number of carbonyl (C=O) groups excluding carboxylic acids is 1. The summed E-state index contributed by atoms with van der Waals surface area (Å²) >= 11 is 0. The molecule has 7 heteroatoms. The first-order chi connectivity index (χ1) is 13.1. The Morgan fingerprint density at radius 1 is 1.04 bits per heavy atom. The van der Waals surface area contributed by atoms with Crippen LogP contribution >= 0.6 is 0 Å². The van der Waals surface area contributed by atoms with Crippen molar-refractivity contribution in [2.24, 2.45) is 0 Å². The summed E-state index contributed by atoms with van der Waals surface area (Å²) in [6.07, 6.45) is -4.87. The molecule has 0 N–H and O–H groups in total. The van der Waals surface area contributed by atoms with Crippen LogP contribution in [-0.4, -0.2) is 16.9 Å². The fraction of sp³-hybridized carbons (Fsp3) is 0.238. The Bertz CT molecular complexity index is 1030. The van der Waals surface area contributed by atoms with Gasteiger partial charge in [-0.2, -0.15) is 13.2 Å². The van der Waals surface area contributed by atoms with Crippen molar-refractivity contribution in [3.8, 4) is 17.4 Å². The van der Waals surface area contributed by atoms with E-state index in [9.17, 15) is 18.0 Å². The van der Waals surface area contributed by atoms with E-state index in [-0.39, 0.29) is 29.3 Å². The van der Waals surface area contributed by atoms with E-state index in [4.69, 9.17) is 9.47 Å². The van der Waals surface area contributed by atoms with Crippen LogP contribution in [0.15, 0.2) is 48.5 Å². The molecular weight excluding hydrogens is 371 g/mol. The Morgan fingerprint density at radius 2 is 1.79 bits per heavy atom. The Morgan fingerprint density at radius 3 is 2.43 bits per heavy atom. The van der Waals surface area contributed by atoms with E-state index < -0.39 is 11.7 Å². The molecule has 0 atom stereocenters. The van der Waals surface area contributed by atoms with Crippen LogP contribution in [0.2, 0.25) is 0 Å². The second-order valence-electron chi connectivity index (χ2n) is 6.54. The number of pyridine rings is 1. The normalized spacial score (nSPS) is 11.7. The van der Waals surface area contributed by atoms with Crippen LogP contribution in [0.5, 0.6) is 17.4 Å². The van der Waals surface area contributed by atoms with Crippen molar-refractivity contribution in [1.29, 1.82) is 0 Å². The van der Waals surface area contributed by atoms with E-state index in [1.807, 2.05) is 0 Å². The summed E-state index contributed by atoms with van der Waals surface area (Å²) in [5.41, 5.74) is 0.0957. The van der Waals surface area contributed by atoms with Crippen molar-refractivity contribution in [3.05, 3.63) is 59.7 Å². The molecule has 0 aliphatic heterocycles. The zero-order valence-electron chi connectivity index (χ0n) is 15.5. The van der Waals surface area contributed by atoms with Crippen LogP contribution in [-0.2, 0) is 6.18 Å². The molecule has 2 aromatic carbocycles. The topological polar surface area (TPSA) is 48.4 Å². The highest BCUT2D eigenvalue weighted by Gasteiger charge is 2.35. The quantitative estimate of drug-likeness (QED) is 0.500. The summed E-state index contributed by atoms with van der Waals surface area (Å²) in [6.45, 7) is 4.92. The smallest absolute Gasteiger partial charge is 0.420 e. The highest BCUT2D eigenvalue weighted by Crippen LogP contribution is 2.40. The van der Waals surface area contributed by atoms with Gasteiger partial charge in [-0.3, -0.25) is 4.79 Å². The lowest BCUT2D eigenvalue weighted by Gasteiger charge is -2.16. The third-order valence-corrected chi connectivity index (χ3v) is 3.91. The van der Waals surface area contributed by atoms with Gasteiger partial charge in [-0.25, -0.2) is 4.98 Å². The molecule has 0 aliphatic rings. The van der Waals surface area contributed by atoms with E-state index in [1.165, 1.54) is 25.1 Å². The molecule has 0 bridgehead atoms. The number of benzene rings is 2. The number of nitrogens with zero attached hydrogens (tertiary/aromatic N) is 1. The molecule has 1 aromatic heterocycles. The zero-order chi connectivity index (χ0) is 20.5. The first kappa shape index (κ1) is 19.7. The van der Waals surface area contributed by atoms with Gasteiger partial charge in [0.25, 0.3) is 0 Å². The van der Waals surface area contributed by atoms with Gasteiger partial charge in [-0.1, -0.05) is 0 Å². The average Bonchev–Trinajstić information content (AvgIpc) is 2.61. The summed E-state index contributed by atoms with van der Waals surface area (Å²) in [6, 6.07) is 11.6. The number of alkyl halides is 3. The minimum Gasteiger partial charge on any atom is -0.491 e. The highest BCUT2D eigenvalue weighted by molar-refractivity contribution is 5.97. The lowest BCUT2D eigenvalue weighted by Crippen LogP contribution is -2.10. The molecular formula is C21H18F3NO3. The number of carbonyl (C=O) groups is 1. The first-order valence-electron chi connectivity index (χ1n) is 8.61. The number of halogens is 3. The predicted octanol–water partition coefficient (Wildman–Crippen LogP) is 6.04. The summed E-state index contributed by atoms with van der Waals surface area (Å²) in [7, 11) is 0. The van der Waals surface area contributed by atoms with Gasteiger partial charge in [0.15, 0.2) is 5.78 Å². The van der Waals surface area contributed by atoms with E-state index in [2.05, 4.69) is 4.98 Å². The molecule has 146 valence electrons. The summed E-state index contributed by atoms with van der Waals surface area (Å²) in [5, 5.41) is 0.691. The highest BCUT2D eigenvalue weighted by atomic mass is 19.4. The van der Waals surface area contributed by atoms with Crippen molar-refractivity contribution in [1.82, 2.24) is 4.98 Å². The van der Waals surface area contributed by atoms with Gasteiger partial charge < -0.3 is 9.47 Å². The minimum atomic E-state index is -4.61. The average molecular weight is 389 g/mol. The number of hydrogen-bond acceptors (Lipinski definition) is 4. The van der Waals surface area contributed by atoms with E-state index in [0.29, 0.717) is 16.5 Å². The molecule has 0 saturated heterocycles. The van der Waals surface area contributed by atoms with E-state index in [0.717, 1.165) is 6.07 Å². The zero-order valence-corrected chi connectivity index (χ0v) is 15.5. The van der Waals surface area contributed by atoms with Gasteiger partial charge in [-0.05, 0) is 63.2 Å². The Balaban J connectivity index is 1.96. The molecule has 0 radical (unpaired) electrons. The van der Waals surface area contributed by atoms with E-state index >= 15 is 0 Å². The van der Waals surface area contributed by atoms with Gasteiger partial charge in [0, 0.05) is 17.0 Å². The molecule has 0 unspecified atom stereocenters. The number of ketones is 1. The van der Waals surface area contributed by atoms with Crippen molar-refractivity contribution in [2.75, 3.05) is 0 Å². The SMILES string of the molecule is CC(=O)c1ccc2nc(Oc3ccc(OC(C)C)cc3C(F)(F)F)ccc2c1. The molecule has 0 aliphatic carbocycles. The summed E-state index contributed by atoms with van der Waals surface area (Å²) in [4.78, 5) is 15.7. The molecule has 28 heavy (non-hydrogen) atoms. The van der Waals surface area contributed by atoms with Crippen LogP contribution in [0.3, 0.4) is 0 Å². The van der Waals surface area contributed by atoms with Gasteiger partial charge in [0.2, 0.25) is 5.88 Å². The Kier molecular flexibility index (Phi) is 5.27. The van der Waals surface area contributed by atoms with Crippen LogP contribution in [0.25, 0.3) is 10.9 Å². The monoisotopic (exact) mass is 389 g/mol. The maximum absolute atomic E-state index is 13.5. The summed E-state index contributed by atoms with van der Waals surface area (Å²) < 4.78 is 51.1. The molecule has 0 spiro atoms. The second-order valence-corrected chi connectivity index (χ2v) is 6.54. The minimum absolute atomic E-state index is 0.0195. The van der Waals surface area contributed by atoms with Crippen LogP contribution < -0.4 is 9.47 Å². The lowest BCUT2D eigenvalue weighted by atomic mass is 10.1. The van der Waals surface area contributed by atoms with Crippen molar-refractivity contribution in [2.45, 2.75) is 33.1 Å². The number of rotatable bonds is 5. The third kappa shape index (κ3) is 4.42. The van der Waals surface area contributed by atoms with Crippen molar-refractivity contribution >= 4 is 16.7 Å². The largest absolute Gasteiger partial charge is 0.491 e. The molecule has 4 nitrogen and oxygen atoms in total. The van der Waals surface area contributed by atoms with Crippen LogP contribution in [0.1, 0.15) is 36.7 Å². The Hall–Kier alpha value is -3.09. The second kappa shape index (κ2) is 7.50. The van der Waals surface area contributed by atoms with Gasteiger partial charge in [0.05, 0.1) is 11.6 Å². The molecule has 0 saturated carbocycles. The maximum Gasteiger partial charge on any atom is 0.420 e. The van der Waals surface area contributed by atoms with E-state index in [1.54, 1.807) is 38.1 Å². The number of fused-ring (bicyclic) bond motifs is 1. The standard InChI is InChI=1S/C21H18F3NO3/c1-12(2)27-16-6-8-19(17(11-16)21(22,23)24)28-20-9-5-15-10-14(13(3)26)4-7-18(15)25-20/h4-12H,1-3H3. The molecule has 3 rings (SSSR count). The predicted molar refractivity (Wildman–Crippen MR) is 99.0 cm³/mol. The van der Waals surface area contributed by atoms with Crippen molar-refractivity contribution in [3.63, 3.8) is 0 Å². The third-order valence-electron chi connectivity index (χ3n) is 3.91. The van der Waals surface area contributed by atoms with Gasteiger partial charge >= 0.3 is 6.18 Å². The fourth-order valence-corrected chi connectivity index (χ4v) is 2.66. The summed E-state index contributed by atoms with van der Waals surface area (Å²) in [5.74, 6) is -0.319. The van der Waals surface area contributed by atoms with Crippen molar-refractivity contribution < 1.29 is 27.4 Å². The Labute approximate surface area is 159 Å². The number of hydrogen-bond donors (Lipinski definition) is 0. The number of aromatic nitrogens is 1. The van der Waals surface area contributed by atoms with Gasteiger partial charge in [0.1, 0.15) is 17.1 Å². The maximum atomic E-state index is 13.5. The number of Topliss-reactive ketones (excluding diaryl/α,β-unsaturated/α-hetero) is 1. The lowest BCUT2D eigenvalue weighted by molar-refractivity contribution is -0.138. The molecule has 1 heterocycles. The van der Waals surface area contributed by atoms with Crippen LogP contribution in [0.4, 0.5) is 13.2 Å². The molecule has 0 fully saturated rings. The number of ether oxygens (including phenoxy) is 2. The first-order valence-corrected chi connectivity index (χ1v) is 8.61. The van der Waals surface area contributed by atoms with Gasteiger partial charge in [-0.15, -0.1) is 0 Å².